The molecule has 0 aromatic heterocycles. The summed E-state index contributed by atoms with van der Waals surface area (Å²) in [4.78, 5) is 38.5. The molecule has 0 radical (unpaired) electrons. The van der Waals surface area contributed by atoms with Crippen LogP contribution in [0.25, 0.3) is 0 Å². The van der Waals surface area contributed by atoms with E-state index in [9.17, 15) is 23.2 Å². The van der Waals surface area contributed by atoms with Crippen LogP contribution < -0.4 is 10.1 Å². The Morgan fingerprint density at radius 2 is 1.65 bits per heavy atom. The van der Waals surface area contributed by atoms with E-state index in [0.717, 1.165) is 4.90 Å². The quantitative estimate of drug-likeness (QED) is 0.644. The Morgan fingerprint density at radius 3 is 2.15 bits per heavy atom. The number of nitrogens with zero attached hydrogens (tertiary/aromatic N) is 1. The summed E-state index contributed by atoms with van der Waals surface area (Å²) in [7, 11) is 0. The van der Waals surface area contributed by atoms with E-state index >= 15 is 0 Å². The molecule has 1 fully saturated rings. The lowest BCUT2D eigenvalue weighted by atomic mass is 9.85. The number of carbonyl (C=O) groups excluding carboxylic acids is 3. The van der Waals surface area contributed by atoms with Gasteiger partial charge in [0.2, 0.25) is 17.7 Å². The van der Waals surface area contributed by atoms with Crippen LogP contribution in [-0.2, 0) is 14.4 Å². The number of imide groups is 1. The van der Waals surface area contributed by atoms with Gasteiger partial charge in [-0.2, -0.15) is 8.78 Å². The fourth-order valence-corrected chi connectivity index (χ4v) is 3.29. The Labute approximate surface area is 148 Å². The van der Waals surface area contributed by atoms with Crippen molar-refractivity contribution in [3.63, 3.8) is 0 Å². The predicted molar refractivity (Wildman–Crippen MR) is 88.4 cm³/mol. The van der Waals surface area contributed by atoms with Gasteiger partial charge in [-0.05, 0) is 44.0 Å². The van der Waals surface area contributed by atoms with Crippen molar-refractivity contribution in [3.8, 4) is 5.75 Å². The maximum atomic E-state index is 12.5. The number of hydrogen-bond donors (Lipinski definition) is 1. The number of allylic oxidation sites excluding steroid dienone is 2. The molecule has 3 amide bonds. The normalized spacial score (nSPS) is 23.2. The summed E-state index contributed by atoms with van der Waals surface area (Å²) in [5, 5.41) is 2.58. The molecule has 0 spiro atoms. The number of benzene rings is 1. The second kappa shape index (κ2) is 7.23. The molecule has 1 aliphatic heterocycles. The minimum absolute atomic E-state index is 0.0347. The molecular formula is C18H18F2N2O4. The van der Waals surface area contributed by atoms with E-state index in [2.05, 4.69) is 10.1 Å². The molecule has 0 unspecified atom stereocenters. The minimum Gasteiger partial charge on any atom is -0.435 e. The second-order valence-electron chi connectivity index (χ2n) is 6.27. The molecule has 2 aliphatic rings. The van der Waals surface area contributed by atoms with Gasteiger partial charge < -0.3 is 10.1 Å². The Bertz CT molecular complexity index is 722. The number of hydrogen-bond acceptors (Lipinski definition) is 4. The van der Waals surface area contributed by atoms with Crippen molar-refractivity contribution in [1.29, 1.82) is 0 Å². The van der Waals surface area contributed by atoms with Gasteiger partial charge in [0.15, 0.2) is 0 Å². The molecule has 8 heteroatoms. The SMILES string of the molecule is C[C@@H](C(=O)Nc1ccc(OC(F)F)cc1)N1C(=O)[C@H]2CC=CC[C@@H]2C1=O. The van der Waals surface area contributed by atoms with Gasteiger partial charge in [0, 0.05) is 5.69 Å². The molecule has 3 atom stereocenters. The summed E-state index contributed by atoms with van der Waals surface area (Å²) in [5.41, 5.74) is 0.349. The third kappa shape index (κ3) is 3.44. The van der Waals surface area contributed by atoms with Crippen molar-refractivity contribution in [1.82, 2.24) is 4.90 Å². The van der Waals surface area contributed by atoms with E-state index in [-0.39, 0.29) is 17.6 Å². The molecular weight excluding hydrogens is 346 g/mol. The molecule has 1 aromatic rings. The minimum atomic E-state index is -2.93. The van der Waals surface area contributed by atoms with Crippen LogP contribution in [0.15, 0.2) is 36.4 Å². The summed E-state index contributed by atoms with van der Waals surface area (Å²) in [5.74, 6) is -2.00. The molecule has 26 heavy (non-hydrogen) atoms. The summed E-state index contributed by atoms with van der Waals surface area (Å²) < 4.78 is 28.5. The molecule has 1 saturated heterocycles. The highest BCUT2D eigenvalue weighted by Crippen LogP contribution is 2.36. The number of carbonyl (C=O) groups is 3. The first kappa shape index (κ1) is 18.0. The van der Waals surface area contributed by atoms with Gasteiger partial charge in [0.25, 0.3) is 0 Å². The zero-order valence-corrected chi connectivity index (χ0v) is 14.0. The van der Waals surface area contributed by atoms with Gasteiger partial charge in [-0.15, -0.1) is 0 Å². The molecule has 1 aromatic carbocycles. The van der Waals surface area contributed by atoms with Crippen molar-refractivity contribution in [3.05, 3.63) is 36.4 Å². The number of alkyl halides is 2. The number of halogens is 2. The highest BCUT2D eigenvalue weighted by molar-refractivity contribution is 6.10. The van der Waals surface area contributed by atoms with Crippen LogP contribution in [0.3, 0.4) is 0 Å². The van der Waals surface area contributed by atoms with Crippen LogP contribution in [0.4, 0.5) is 14.5 Å². The molecule has 1 heterocycles. The molecule has 0 saturated carbocycles. The lowest BCUT2D eigenvalue weighted by Gasteiger charge is -2.22. The van der Waals surface area contributed by atoms with Crippen LogP contribution in [0.5, 0.6) is 5.75 Å². The summed E-state index contributed by atoms with van der Waals surface area (Å²) >= 11 is 0. The van der Waals surface area contributed by atoms with Crippen molar-refractivity contribution < 1.29 is 27.9 Å². The first-order valence-electron chi connectivity index (χ1n) is 8.26. The fraction of sp³-hybridized carbons (Fsp3) is 0.389. The molecule has 1 N–H and O–H groups in total. The maximum Gasteiger partial charge on any atom is 0.387 e. The summed E-state index contributed by atoms with van der Waals surface area (Å²) in [6, 6.07) is 4.43. The van der Waals surface area contributed by atoms with Gasteiger partial charge in [0.05, 0.1) is 11.8 Å². The Morgan fingerprint density at radius 1 is 1.12 bits per heavy atom. The van der Waals surface area contributed by atoms with Gasteiger partial charge in [0.1, 0.15) is 11.8 Å². The zero-order valence-electron chi connectivity index (χ0n) is 14.0. The number of fused-ring (bicyclic) bond motifs is 1. The van der Waals surface area contributed by atoms with Crippen LogP contribution >= 0.6 is 0 Å². The van der Waals surface area contributed by atoms with Crippen molar-refractivity contribution in [2.24, 2.45) is 11.8 Å². The number of rotatable bonds is 5. The van der Waals surface area contributed by atoms with Crippen LogP contribution in [0.1, 0.15) is 19.8 Å². The smallest absolute Gasteiger partial charge is 0.387 e. The average Bonchev–Trinajstić information content (AvgIpc) is 2.87. The first-order chi connectivity index (χ1) is 12.4. The fourth-order valence-electron chi connectivity index (χ4n) is 3.29. The van der Waals surface area contributed by atoms with Crippen LogP contribution in [0.2, 0.25) is 0 Å². The van der Waals surface area contributed by atoms with E-state index in [1.54, 1.807) is 0 Å². The van der Waals surface area contributed by atoms with E-state index in [4.69, 9.17) is 0 Å². The largest absolute Gasteiger partial charge is 0.435 e. The monoisotopic (exact) mass is 364 g/mol. The van der Waals surface area contributed by atoms with Crippen LogP contribution in [0, 0.1) is 11.8 Å². The molecule has 138 valence electrons. The van der Waals surface area contributed by atoms with Crippen LogP contribution in [-0.4, -0.2) is 35.3 Å². The maximum absolute atomic E-state index is 12.5. The predicted octanol–water partition coefficient (Wildman–Crippen LogP) is 2.57. The molecule has 6 nitrogen and oxygen atoms in total. The van der Waals surface area contributed by atoms with E-state index in [1.807, 2.05) is 12.2 Å². The zero-order chi connectivity index (χ0) is 18.8. The van der Waals surface area contributed by atoms with Crippen molar-refractivity contribution >= 4 is 23.4 Å². The summed E-state index contributed by atoms with van der Waals surface area (Å²) in [6.07, 6.45) is 4.77. The molecule has 3 rings (SSSR count). The third-order valence-corrected chi connectivity index (χ3v) is 4.66. The number of amides is 3. The Balaban J connectivity index is 1.66. The first-order valence-corrected chi connectivity index (χ1v) is 8.26. The van der Waals surface area contributed by atoms with E-state index < -0.39 is 30.4 Å². The topological polar surface area (TPSA) is 75.7 Å². The highest BCUT2D eigenvalue weighted by atomic mass is 19.3. The number of ether oxygens (including phenoxy) is 1. The lowest BCUT2D eigenvalue weighted by molar-refractivity contribution is -0.146. The third-order valence-electron chi connectivity index (χ3n) is 4.66. The van der Waals surface area contributed by atoms with Gasteiger partial charge in [-0.3, -0.25) is 19.3 Å². The lowest BCUT2D eigenvalue weighted by Crippen LogP contribution is -2.46. The number of likely N-dealkylation sites (tertiary alicyclic amines) is 1. The molecule has 0 bridgehead atoms. The second-order valence-corrected chi connectivity index (χ2v) is 6.27. The van der Waals surface area contributed by atoms with Crippen molar-refractivity contribution in [2.45, 2.75) is 32.4 Å². The number of nitrogens with one attached hydrogen (secondary N) is 1. The average molecular weight is 364 g/mol. The highest BCUT2D eigenvalue weighted by Gasteiger charge is 2.50. The standard InChI is InChI=1S/C18H18F2N2O4/c1-10(22-16(24)13-4-2-3-5-14(13)17(22)25)15(23)21-11-6-8-12(9-7-11)26-18(19)20/h2-3,6-10,13-14,18H,4-5H2,1H3,(H,21,23)/t10-,13-,14-/m0/s1. The Hall–Kier alpha value is -2.77. The molecule has 1 aliphatic carbocycles. The van der Waals surface area contributed by atoms with E-state index in [0.29, 0.717) is 18.5 Å². The summed E-state index contributed by atoms with van der Waals surface area (Å²) in [6.45, 7) is -1.44. The van der Waals surface area contributed by atoms with Gasteiger partial charge >= 0.3 is 6.61 Å². The van der Waals surface area contributed by atoms with Gasteiger partial charge in [-0.1, -0.05) is 12.2 Å². The van der Waals surface area contributed by atoms with Crippen molar-refractivity contribution in [2.75, 3.05) is 5.32 Å². The van der Waals surface area contributed by atoms with Gasteiger partial charge in [-0.25, -0.2) is 0 Å². The Kier molecular flexibility index (Phi) is 5.01. The number of anilines is 1. The van der Waals surface area contributed by atoms with E-state index in [1.165, 1.54) is 31.2 Å².